The van der Waals surface area contributed by atoms with Crippen molar-refractivity contribution in [2.24, 2.45) is 0 Å². The summed E-state index contributed by atoms with van der Waals surface area (Å²) >= 11 is 0. The number of aryl methyl sites for hydroxylation is 1. The molecule has 17 heavy (non-hydrogen) atoms. The minimum atomic E-state index is 0.427. The highest BCUT2D eigenvalue weighted by molar-refractivity contribution is 5.37. The molecule has 0 saturated heterocycles. The minimum absolute atomic E-state index is 0.427. The van der Waals surface area contributed by atoms with Crippen molar-refractivity contribution in [2.75, 3.05) is 0 Å². The highest BCUT2D eigenvalue weighted by Gasteiger charge is 2.18. The van der Waals surface area contributed by atoms with E-state index >= 15 is 0 Å². The number of unbranched alkanes of at least 4 members (excludes halogenated alkanes) is 1. The van der Waals surface area contributed by atoms with Crippen LogP contribution in [0, 0.1) is 0 Å². The molecule has 0 amide bonds. The molecule has 0 aromatic heterocycles. The van der Waals surface area contributed by atoms with Crippen molar-refractivity contribution in [3.63, 3.8) is 0 Å². The lowest BCUT2D eigenvalue weighted by atomic mass is 9.81. The average molecular weight is 232 g/mol. The highest BCUT2D eigenvalue weighted by atomic mass is 16.3. The minimum Gasteiger partial charge on any atom is -0.508 e. The molecule has 1 nitrogen and oxygen atoms in total. The predicted molar refractivity (Wildman–Crippen MR) is 72.5 cm³/mol. The standard InChI is InChI=1S/C16H24O/c1-2-3-7-14-12-15(17)10-11-16(14)13-8-5-4-6-9-13/h10-13,17H,2-9H2,1H3. The molecule has 1 aliphatic carbocycles. The van der Waals surface area contributed by atoms with Crippen LogP contribution in [0.3, 0.4) is 0 Å². The van der Waals surface area contributed by atoms with Crippen molar-refractivity contribution in [3.8, 4) is 5.75 Å². The molecule has 0 aliphatic heterocycles. The van der Waals surface area contributed by atoms with E-state index in [-0.39, 0.29) is 0 Å². The van der Waals surface area contributed by atoms with Crippen LogP contribution in [0.5, 0.6) is 5.75 Å². The zero-order valence-corrected chi connectivity index (χ0v) is 10.9. The van der Waals surface area contributed by atoms with Gasteiger partial charge in [-0.25, -0.2) is 0 Å². The summed E-state index contributed by atoms with van der Waals surface area (Å²) < 4.78 is 0. The van der Waals surface area contributed by atoms with Crippen molar-refractivity contribution in [1.29, 1.82) is 0 Å². The van der Waals surface area contributed by atoms with Crippen LogP contribution in [-0.2, 0) is 6.42 Å². The lowest BCUT2D eigenvalue weighted by Crippen LogP contribution is -2.07. The summed E-state index contributed by atoms with van der Waals surface area (Å²) in [6, 6.07) is 6.01. The quantitative estimate of drug-likeness (QED) is 0.792. The molecule has 0 bridgehead atoms. The van der Waals surface area contributed by atoms with Crippen LogP contribution in [0.1, 0.15) is 68.9 Å². The number of hydrogen-bond acceptors (Lipinski definition) is 1. The molecule has 1 saturated carbocycles. The van der Waals surface area contributed by atoms with E-state index in [9.17, 15) is 5.11 Å². The molecule has 0 radical (unpaired) electrons. The Hall–Kier alpha value is -0.980. The predicted octanol–water partition coefficient (Wildman–Crippen LogP) is 4.78. The van der Waals surface area contributed by atoms with Gasteiger partial charge in [-0.05, 0) is 54.9 Å². The number of benzene rings is 1. The zero-order valence-electron chi connectivity index (χ0n) is 10.9. The first-order chi connectivity index (χ1) is 8.31. The number of aromatic hydroxyl groups is 1. The summed E-state index contributed by atoms with van der Waals surface area (Å²) in [5.41, 5.74) is 2.90. The van der Waals surface area contributed by atoms with Crippen LogP contribution >= 0.6 is 0 Å². The number of phenolic OH excluding ortho intramolecular Hbond substituents is 1. The Kier molecular flexibility index (Phi) is 4.47. The van der Waals surface area contributed by atoms with E-state index in [0.29, 0.717) is 5.75 Å². The van der Waals surface area contributed by atoms with Gasteiger partial charge < -0.3 is 5.11 Å². The highest BCUT2D eigenvalue weighted by Crippen LogP contribution is 2.35. The molecule has 0 heterocycles. The zero-order chi connectivity index (χ0) is 12.1. The van der Waals surface area contributed by atoms with Crippen LogP contribution in [0.4, 0.5) is 0 Å². The van der Waals surface area contributed by atoms with Crippen molar-refractivity contribution in [1.82, 2.24) is 0 Å². The van der Waals surface area contributed by atoms with Crippen molar-refractivity contribution >= 4 is 0 Å². The lowest BCUT2D eigenvalue weighted by Gasteiger charge is -2.24. The van der Waals surface area contributed by atoms with Gasteiger partial charge >= 0.3 is 0 Å². The van der Waals surface area contributed by atoms with E-state index < -0.39 is 0 Å². The lowest BCUT2D eigenvalue weighted by molar-refractivity contribution is 0.439. The van der Waals surface area contributed by atoms with Crippen molar-refractivity contribution in [3.05, 3.63) is 29.3 Å². The van der Waals surface area contributed by atoms with Gasteiger partial charge in [-0.3, -0.25) is 0 Å². The summed E-state index contributed by atoms with van der Waals surface area (Å²) in [5.74, 6) is 1.17. The molecule has 2 rings (SSSR count). The molecule has 0 unspecified atom stereocenters. The number of hydrogen-bond donors (Lipinski definition) is 1. The molecule has 1 fully saturated rings. The third-order valence-electron chi connectivity index (χ3n) is 3.97. The summed E-state index contributed by atoms with van der Waals surface area (Å²) in [6.45, 7) is 2.23. The second-order valence-electron chi connectivity index (χ2n) is 5.32. The molecule has 1 heteroatoms. The first-order valence-electron chi connectivity index (χ1n) is 7.13. The largest absolute Gasteiger partial charge is 0.508 e. The number of rotatable bonds is 4. The molecular formula is C16H24O. The van der Waals surface area contributed by atoms with E-state index in [0.717, 1.165) is 12.3 Å². The molecule has 0 atom stereocenters. The topological polar surface area (TPSA) is 20.2 Å². The Labute approximate surface area is 105 Å². The maximum atomic E-state index is 9.64. The van der Waals surface area contributed by atoms with E-state index in [1.54, 1.807) is 0 Å². The van der Waals surface area contributed by atoms with Crippen LogP contribution in [0.15, 0.2) is 18.2 Å². The maximum Gasteiger partial charge on any atom is 0.115 e. The van der Waals surface area contributed by atoms with Gasteiger partial charge in [-0.1, -0.05) is 38.7 Å². The Morgan fingerprint density at radius 1 is 1.18 bits per heavy atom. The van der Waals surface area contributed by atoms with Gasteiger partial charge in [0.05, 0.1) is 0 Å². The monoisotopic (exact) mass is 232 g/mol. The fourth-order valence-corrected chi connectivity index (χ4v) is 2.99. The Morgan fingerprint density at radius 2 is 1.94 bits per heavy atom. The molecule has 1 aromatic rings. The number of phenols is 1. The Bertz CT molecular complexity index is 351. The summed E-state index contributed by atoms with van der Waals surface area (Å²) in [6.07, 6.45) is 10.4. The smallest absolute Gasteiger partial charge is 0.115 e. The molecular weight excluding hydrogens is 208 g/mol. The molecule has 0 spiro atoms. The van der Waals surface area contributed by atoms with Crippen molar-refractivity contribution in [2.45, 2.75) is 64.2 Å². The Morgan fingerprint density at radius 3 is 2.65 bits per heavy atom. The normalized spacial score (nSPS) is 17.2. The second-order valence-corrected chi connectivity index (χ2v) is 5.32. The third-order valence-corrected chi connectivity index (χ3v) is 3.97. The molecule has 1 aromatic carbocycles. The summed E-state index contributed by atoms with van der Waals surface area (Å²) in [7, 11) is 0. The van der Waals surface area contributed by atoms with Gasteiger partial charge in [0.1, 0.15) is 5.75 Å². The van der Waals surface area contributed by atoms with Gasteiger partial charge in [-0.2, -0.15) is 0 Å². The van der Waals surface area contributed by atoms with Gasteiger partial charge in [0.15, 0.2) is 0 Å². The summed E-state index contributed by atoms with van der Waals surface area (Å²) in [5, 5.41) is 9.64. The van der Waals surface area contributed by atoms with E-state index in [2.05, 4.69) is 13.0 Å². The second kappa shape index (κ2) is 6.09. The molecule has 1 aliphatic rings. The van der Waals surface area contributed by atoms with E-state index in [1.807, 2.05) is 12.1 Å². The van der Waals surface area contributed by atoms with Crippen LogP contribution in [-0.4, -0.2) is 5.11 Å². The van der Waals surface area contributed by atoms with E-state index in [1.165, 1.54) is 56.1 Å². The van der Waals surface area contributed by atoms with Crippen LogP contribution < -0.4 is 0 Å². The van der Waals surface area contributed by atoms with Gasteiger partial charge in [0.2, 0.25) is 0 Å². The van der Waals surface area contributed by atoms with Crippen molar-refractivity contribution < 1.29 is 5.11 Å². The van der Waals surface area contributed by atoms with Gasteiger partial charge in [0, 0.05) is 0 Å². The first kappa shape index (κ1) is 12.5. The SMILES string of the molecule is CCCCc1cc(O)ccc1C1CCCCC1. The summed E-state index contributed by atoms with van der Waals surface area (Å²) in [4.78, 5) is 0. The average Bonchev–Trinajstić information content (AvgIpc) is 2.37. The van der Waals surface area contributed by atoms with Gasteiger partial charge in [0.25, 0.3) is 0 Å². The maximum absolute atomic E-state index is 9.64. The van der Waals surface area contributed by atoms with E-state index in [4.69, 9.17) is 0 Å². The first-order valence-corrected chi connectivity index (χ1v) is 7.13. The fraction of sp³-hybridized carbons (Fsp3) is 0.625. The Balaban J connectivity index is 2.18. The van der Waals surface area contributed by atoms with Crippen LogP contribution in [0.2, 0.25) is 0 Å². The third kappa shape index (κ3) is 3.24. The fourth-order valence-electron chi connectivity index (χ4n) is 2.99. The molecule has 94 valence electrons. The van der Waals surface area contributed by atoms with Crippen LogP contribution in [0.25, 0.3) is 0 Å². The van der Waals surface area contributed by atoms with Gasteiger partial charge in [-0.15, -0.1) is 0 Å². The molecule has 1 N–H and O–H groups in total.